The zero-order valence-electron chi connectivity index (χ0n) is 11.5. The number of carbonyl (C=O) groups excluding carboxylic acids is 1. The summed E-state index contributed by atoms with van der Waals surface area (Å²) in [5.74, 6) is 0.0418. The lowest BCUT2D eigenvalue weighted by atomic mass is 10.2. The molecule has 1 N–H and O–H groups in total. The van der Waals surface area contributed by atoms with Gasteiger partial charge in [0, 0.05) is 10.7 Å². The Labute approximate surface area is 127 Å². The van der Waals surface area contributed by atoms with E-state index in [9.17, 15) is 9.18 Å². The van der Waals surface area contributed by atoms with Crippen LogP contribution in [-0.4, -0.2) is 12.5 Å². The number of nitrogens with one attached hydrogen (secondary N) is 1. The van der Waals surface area contributed by atoms with E-state index in [1.165, 1.54) is 12.1 Å². The number of amides is 1. The van der Waals surface area contributed by atoms with E-state index < -0.39 is 0 Å². The molecule has 5 heteroatoms. The Morgan fingerprint density at radius 2 is 1.95 bits per heavy atom. The first-order chi connectivity index (χ1) is 10.0. The molecule has 0 unspecified atom stereocenters. The number of rotatable bonds is 5. The molecule has 2 aromatic carbocycles. The van der Waals surface area contributed by atoms with Crippen LogP contribution in [0.4, 0.5) is 10.1 Å². The van der Waals surface area contributed by atoms with E-state index in [1.807, 2.05) is 0 Å². The SMILES string of the molecule is Cc1ccc(F)cc1NC(=O)CCOc1ccc(Cl)cc1. The largest absolute Gasteiger partial charge is 0.493 e. The molecular formula is C16H15ClFNO2. The highest BCUT2D eigenvalue weighted by Crippen LogP contribution is 2.17. The molecule has 3 nitrogen and oxygen atoms in total. The van der Waals surface area contributed by atoms with Crippen molar-refractivity contribution >= 4 is 23.2 Å². The van der Waals surface area contributed by atoms with E-state index in [0.29, 0.717) is 16.5 Å². The normalized spacial score (nSPS) is 10.2. The quantitative estimate of drug-likeness (QED) is 0.899. The molecule has 21 heavy (non-hydrogen) atoms. The molecule has 0 aliphatic rings. The summed E-state index contributed by atoms with van der Waals surface area (Å²) in [6, 6.07) is 11.2. The molecule has 2 rings (SSSR count). The van der Waals surface area contributed by atoms with E-state index >= 15 is 0 Å². The van der Waals surface area contributed by atoms with Crippen LogP contribution in [0.15, 0.2) is 42.5 Å². The van der Waals surface area contributed by atoms with E-state index in [0.717, 1.165) is 5.56 Å². The summed E-state index contributed by atoms with van der Waals surface area (Å²) < 4.78 is 18.5. The second kappa shape index (κ2) is 7.09. The average Bonchev–Trinajstić information content (AvgIpc) is 2.45. The van der Waals surface area contributed by atoms with Crippen LogP contribution in [0.5, 0.6) is 5.75 Å². The fourth-order valence-corrected chi connectivity index (χ4v) is 1.86. The molecule has 1 amide bonds. The summed E-state index contributed by atoms with van der Waals surface area (Å²) in [4.78, 5) is 11.8. The van der Waals surface area contributed by atoms with E-state index in [2.05, 4.69) is 5.32 Å². The third kappa shape index (κ3) is 4.76. The van der Waals surface area contributed by atoms with Crippen molar-refractivity contribution in [3.8, 4) is 5.75 Å². The molecule has 0 heterocycles. The Balaban J connectivity index is 1.82. The summed E-state index contributed by atoms with van der Waals surface area (Å²) in [5.41, 5.74) is 1.29. The fourth-order valence-electron chi connectivity index (χ4n) is 1.73. The first kappa shape index (κ1) is 15.3. The first-order valence-corrected chi connectivity index (χ1v) is 6.87. The lowest BCUT2D eigenvalue weighted by Gasteiger charge is -2.09. The highest BCUT2D eigenvalue weighted by atomic mass is 35.5. The first-order valence-electron chi connectivity index (χ1n) is 6.49. The minimum atomic E-state index is -0.381. The van der Waals surface area contributed by atoms with Crippen molar-refractivity contribution in [2.24, 2.45) is 0 Å². The van der Waals surface area contributed by atoms with Crippen molar-refractivity contribution in [3.05, 3.63) is 58.9 Å². The molecule has 110 valence electrons. The van der Waals surface area contributed by atoms with Gasteiger partial charge in [0.05, 0.1) is 13.0 Å². The Kier molecular flexibility index (Phi) is 5.17. The number of halogens is 2. The van der Waals surface area contributed by atoms with Gasteiger partial charge in [0.15, 0.2) is 0 Å². The molecule has 0 radical (unpaired) electrons. The summed E-state index contributed by atoms with van der Waals surface area (Å²) in [6.07, 6.45) is 0.179. The number of ether oxygens (including phenoxy) is 1. The Morgan fingerprint density at radius 1 is 1.24 bits per heavy atom. The van der Waals surface area contributed by atoms with Crippen LogP contribution in [0, 0.1) is 12.7 Å². The van der Waals surface area contributed by atoms with Crippen molar-refractivity contribution in [3.63, 3.8) is 0 Å². The highest BCUT2D eigenvalue weighted by molar-refractivity contribution is 6.30. The lowest BCUT2D eigenvalue weighted by molar-refractivity contribution is -0.116. The van der Waals surface area contributed by atoms with E-state index in [4.69, 9.17) is 16.3 Å². The van der Waals surface area contributed by atoms with Crippen molar-refractivity contribution in [1.82, 2.24) is 0 Å². The highest BCUT2D eigenvalue weighted by Gasteiger charge is 2.06. The lowest BCUT2D eigenvalue weighted by Crippen LogP contribution is -2.16. The maximum atomic E-state index is 13.1. The van der Waals surface area contributed by atoms with Gasteiger partial charge in [-0.25, -0.2) is 4.39 Å². The Morgan fingerprint density at radius 3 is 2.67 bits per heavy atom. The Bertz CT molecular complexity index is 629. The van der Waals surface area contributed by atoms with Gasteiger partial charge in [0.25, 0.3) is 0 Å². The molecular weight excluding hydrogens is 293 g/mol. The zero-order chi connectivity index (χ0) is 15.2. The van der Waals surface area contributed by atoms with Crippen molar-refractivity contribution in [2.75, 3.05) is 11.9 Å². The van der Waals surface area contributed by atoms with Gasteiger partial charge in [0.1, 0.15) is 11.6 Å². The van der Waals surface area contributed by atoms with Crippen LogP contribution in [0.1, 0.15) is 12.0 Å². The minimum absolute atomic E-state index is 0.179. The van der Waals surface area contributed by atoms with E-state index in [-0.39, 0.29) is 24.8 Å². The standard InChI is InChI=1S/C16H15ClFNO2/c1-11-2-5-13(18)10-15(11)19-16(20)8-9-21-14-6-3-12(17)4-7-14/h2-7,10H,8-9H2,1H3,(H,19,20). The number of aryl methyl sites for hydroxylation is 1. The molecule has 0 aliphatic carbocycles. The number of hydrogen-bond donors (Lipinski definition) is 1. The van der Waals surface area contributed by atoms with Crippen molar-refractivity contribution in [2.45, 2.75) is 13.3 Å². The summed E-state index contributed by atoms with van der Waals surface area (Å²) in [7, 11) is 0. The summed E-state index contributed by atoms with van der Waals surface area (Å²) in [5, 5.41) is 3.29. The third-order valence-electron chi connectivity index (χ3n) is 2.89. The number of hydrogen-bond acceptors (Lipinski definition) is 2. The maximum Gasteiger partial charge on any atom is 0.227 e. The average molecular weight is 308 g/mol. The summed E-state index contributed by atoms with van der Waals surface area (Å²) >= 11 is 5.76. The van der Waals surface area contributed by atoms with Crippen LogP contribution in [-0.2, 0) is 4.79 Å². The molecule has 0 atom stereocenters. The summed E-state index contributed by atoms with van der Waals surface area (Å²) in [6.45, 7) is 2.04. The topological polar surface area (TPSA) is 38.3 Å². The van der Waals surface area contributed by atoms with Crippen LogP contribution in [0.2, 0.25) is 5.02 Å². The number of anilines is 1. The molecule has 0 bridgehead atoms. The Hall–Kier alpha value is -2.07. The van der Waals surface area contributed by atoms with Gasteiger partial charge in [-0.1, -0.05) is 17.7 Å². The fraction of sp³-hybridized carbons (Fsp3) is 0.188. The van der Waals surface area contributed by atoms with Crippen molar-refractivity contribution in [1.29, 1.82) is 0 Å². The van der Waals surface area contributed by atoms with Crippen LogP contribution in [0.3, 0.4) is 0 Å². The molecule has 0 aliphatic heterocycles. The van der Waals surface area contributed by atoms with Gasteiger partial charge in [0.2, 0.25) is 5.91 Å². The molecule has 0 saturated carbocycles. The molecule has 0 spiro atoms. The zero-order valence-corrected chi connectivity index (χ0v) is 12.3. The predicted molar refractivity (Wildman–Crippen MR) is 81.3 cm³/mol. The van der Waals surface area contributed by atoms with Gasteiger partial charge in [-0.3, -0.25) is 4.79 Å². The van der Waals surface area contributed by atoms with Gasteiger partial charge in [-0.05, 0) is 48.9 Å². The number of benzene rings is 2. The maximum absolute atomic E-state index is 13.1. The van der Waals surface area contributed by atoms with Crippen molar-refractivity contribution < 1.29 is 13.9 Å². The van der Waals surface area contributed by atoms with E-state index in [1.54, 1.807) is 37.3 Å². The molecule has 0 fully saturated rings. The van der Waals surface area contributed by atoms with Crippen LogP contribution in [0.25, 0.3) is 0 Å². The van der Waals surface area contributed by atoms with Gasteiger partial charge >= 0.3 is 0 Å². The molecule has 2 aromatic rings. The smallest absolute Gasteiger partial charge is 0.227 e. The second-order valence-electron chi connectivity index (χ2n) is 4.56. The third-order valence-corrected chi connectivity index (χ3v) is 3.14. The minimum Gasteiger partial charge on any atom is -0.493 e. The van der Waals surface area contributed by atoms with Gasteiger partial charge < -0.3 is 10.1 Å². The van der Waals surface area contributed by atoms with Gasteiger partial charge in [-0.15, -0.1) is 0 Å². The predicted octanol–water partition coefficient (Wildman–Crippen LogP) is 4.20. The molecule has 0 aromatic heterocycles. The second-order valence-corrected chi connectivity index (χ2v) is 5.00. The van der Waals surface area contributed by atoms with Crippen LogP contribution < -0.4 is 10.1 Å². The molecule has 0 saturated heterocycles. The monoisotopic (exact) mass is 307 g/mol. The number of carbonyl (C=O) groups is 1. The van der Waals surface area contributed by atoms with Crippen LogP contribution >= 0.6 is 11.6 Å². The van der Waals surface area contributed by atoms with Gasteiger partial charge in [-0.2, -0.15) is 0 Å².